The summed E-state index contributed by atoms with van der Waals surface area (Å²) < 4.78 is 44.9. The number of benzene rings is 2. The van der Waals surface area contributed by atoms with Crippen molar-refractivity contribution in [1.29, 1.82) is 0 Å². The van der Waals surface area contributed by atoms with Gasteiger partial charge in [-0.3, -0.25) is 9.59 Å². The van der Waals surface area contributed by atoms with Crippen LogP contribution in [0.3, 0.4) is 0 Å². The van der Waals surface area contributed by atoms with Crippen molar-refractivity contribution >= 4 is 11.8 Å². The molecule has 4 aromatic rings. The number of hydrogen-bond donors (Lipinski definition) is 3. The number of oxazole rings is 1. The number of likely N-dealkylation sites (tertiary alicyclic amines) is 1. The number of amides is 2. The molecule has 0 spiro atoms. The quantitative estimate of drug-likeness (QED) is 0.208. The predicted octanol–water partition coefficient (Wildman–Crippen LogP) is 5.17. The number of carbonyl (C=O) groups is 2. The Bertz CT molecular complexity index is 1660. The van der Waals surface area contributed by atoms with Crippen LogP contribution in [0.1, 0.15) is 73.7 Å². The van der Waals surface area contributed by atoms with E-state index in [1.807, 2.05) is 37.3 Å². The molecule has 1 aliphatic heterocycles. The predicted molar refractivity (Wildman–Crippen MR) is 164 cm³/mol. The molecule has 3 heterocycles. The number of carbonyl (C=O) groups excluding carboxylic acids is 2. The zero-order valence-electron chi connectivity index (χ0n) is 25.6. The zero-order valence-corrected chi connectivity index (χ0v) is 25.6. The molecular formula is C34H36F3N5O4. The largest absolute Gasteiger partial charge is 0.446 e. The summed E-state index contributed by atoms with van der Waals surface area (Å²) in [6, 6.07) is 16.2. The van der Waals surface area contributed by atoms with Crippen LogP contribution in [0.4, 0.5) is 13.2 Å². The zero-order chi connectivity index (χ0) is 32.8. The molecule has 0 aliphatic carbocycles. The molecule has 46 heavy (non-hydrogen) atoms. The lowest BCUT2D eigenvalue weighted by atomic mass is 10.00. The third-order valence-electron chi connectivity index (χ3n) is 7.89. The number of aliphatic hydroxyl groups is 1. The van der Waals surface area contributed by atoms with Gasteiger partial charge in [0.05, 0.1) is 23.4 Å². The summed E-state index contributed by atoms with van der Waals surface area (Å²) in [5.74, 6) is -0.372. The first-order chi connectivity index (χ1) is 22.0. The highest BCUT2D eigenvalue weighted by Gasteiger charge is 2.35. The number of aliphatic hydroxyl groups excluding tert-OH is 1. The van der Waals surface area contributed by atoms with Gasteiger partial charge in [0.1, 0.15) is 18.0 Å². The minimum Gasteiger partial charge on any atom is -0.446 e. The summed E-state index contributed by atoms with van der Waals surface area (Å²) in [6.07, 6.45) is -2.23. The SMILES string of the molecule is Cc1cc(C(=O)N[C@@H](Cc2ccccc2)[C@H](O)CNCc2cccc(C(F)(F)F)c2)cc(C(=O)N2CCC[C@@H]2c2nc(C)co2)n1. The molecule has 9 nitrogen and oxygen atoms in total. The lowest BCUT2D eigenvalue weighted by Gasteiger charge is -2.25. The molecule has 1 fully saturated rings. The normalized spacial score (nSPS) is 16.3. The molecule has 3 N–H and O–H groups in total. The standard InChI is InChI=1S/C34H36F3N5O4/c1-21-14-25(17-28(39-21)33(45)42-13-7-12-29(42)32-40-22(2)20-46-32)31(44)41-27(16-23-8-4-3-5-9-23)30(43)19-38-18-24-10-6-11-26(15-24)34(35,36)37/h3-6,8-11,14-15,17,20,27,29-30,38,43H,7,12-13,16,18-19H2,1-2H3,(H,41,44)/t27-,29+,30+/m0/s1. The number of hydrogen-bond acceptors (Lipinski definition) is 7. The van der Waals surface area contributed by atoms with Crippen LogP contribution in [-0.2, 0) is 19.1 Å². The number of nitrogens with one attached hydrogen (secondary N) is 2. The molecule has 2 amide bonds. The molecule has 242 valence electrons. The minimum atomic E-state index is -4.46. The maximum atomic E-state index is 13.6. The van der Waals surface area contributed by atoms with E-state index in [2.05, 4.69) is 20.6 Å². The van der Waals surface area contributed by atoms with E-state index in [-0.39, 0.29) is 36.3 Å². The van der Waals surface area contributed by atoms with E-state index in [4.69, 9.17) is 4.42 Å². The van der Waals surface area contributed by atoms with Gasteiger partial charge in [-0.1, -0.05) is 48.5 Å². The van der Waals surface area contributed by atoms with Crippen molar-refractivity contribution in [1.82, 2.24) is 25.5 Å². The van der Waals surface area contributed by atoms with E-state index < -0.39 is 29.8 Å². The number of alkyl halides is 3. The second-order valence-electron chi connectivity index (χ2n) is 11.5. The van der Waals surface area contributed by atoms with Crippen molar-refractivity contribution < 1.29 is 32.3 Å². The number of rotatable bonds is 11. The highest BCUT2D eigenvalue weighted by Crippen LogP contribution is 2.33. The van der Waals surface area contributed by atoms with E-state index in [0.29, 0.717) is 36.5 Å². The number of aromatic nitrogens is 2. The maximum Gasteiger partial charge on any atom is 0.416 e. The Labute approximate surface area is 264 Å². The lowest BCUT2D eigenvalue weighted by Crippen LogP contribution is -2.48. The smallest absolute Gasteiger partial charge is 0.416 e. The van der Waals surface area contributed by atoms with Crippen LogP contribution in [0.2, 0.25) is 0 Å². The monoisotopic (exact) mass is 635 g/mol. The highest BCUT2D eigenvalue weighted by molar-refractivity contribution is 5.99. The fourth-order valence-corrected chi connectivity index (χ4v) is 5.62. The molecule has 3 atom stereocenters. The Morgan fingerprint density at radius 1 is 1.02 bits per heavy atom. The molecule has 0 saturated carbocycles. The Balaban J connectivity index is 1.29. The summed E-state index contributed by atoms with van der Waals surface area (Å²) >= 11 is 0. The fraction of sp³-hybridized carbons (Fsp3) is 0.353. The van der Waals surface area contributed by atoms with Crippen LogP contribution < -0.4 is 10.6 Å². The molecular weight excluding hydrogens is 599 g/mol. The molecule has 1 aliphatic rings. The molecule has 5 rings (SSSR count). The minimum absolute atomic E-state index is 0.00374. The first-order valence-electron chi connectivity index (χ1n) is 15.1. The molecule has 0 bridgehead atoms. The van der Waals surface area contributed by atoms with E-state index in [0.717, 1.165) is 29.8 Å². The molecule has 12 heteroatoms. The van der Waals surface area contributed by atoms with Gasteiger partial charge in [-0.25, -0.2) is 9.97 Å². The molecule has 0 unspecified atom stereocenters. The molecule has 0 radical (unpaired) electrons. The Morgan fingerprint density at radius 3 is 2.50 bits per heavy atom. The summed E-state index contributed by atoms with van der Waals surface area (Å²) in [5, 5.41) is 17.1. The summed E-state index contributed by atoms with van der Waals surface area (Å²) in [6.45, 7) is 4.10. The third kappa shape index (κ3) is 8.18. The lowest BCUT2D eigenvalue weighted by molar-refractivity contribution is -0.137. The van der Waals surface area contributed by atoms with Crippen molar-refractivity contribution in [3.8, 4) is 0 Å². The Kier molecular flexibility index (Phi) is 10.2. The van der Waals surface area contributed by atoms with Crippen LogP contribution in [0, 0.1) is 13.8 Å². The second-order valence-corrected chi connectivity index (χ2v) is 11.5. The van der Waals surface area contributed by atoms with Gasteiger partial charge < -0.3 is 25.1 Å². The molecule has 1 saturated heterocycles. The van der Waals surface area contributed by atoms with Crippen molar-refractivity contribution in [3.05, 3.63) is 118 Å². The van der Waals surface area contributed by atoms with Crippen molar-refractivity contribution in [3.63, 3.8) is 0 Å². The van der Waals surface area contributed by atoms with Gasteiger partial charge in [-0.05, 0) is 62.4 Å². The number of pyridine rings is 1. The first-order valence-corrected chi connectivity index (χ1v) is 15.1. The van der Waals surface area contributed by atoms with Gasteiger partial charge in [0.25, 0.3) is 11.8 Å². The second kappa shape index (κ2) is 14.3. The fourth-order valence-electron chi connectivity index (χ4n) is 5.62. The van der Waals surface area contributed by atoms with Crippen LogP contribution in [-0.4, -0.2) is 57.0 Å². The summed E-state index contributed by atoms with van der Waals surface area (Å²) in [4.78, 5) is 37.7. The molecule has 2 aromatic carbocycles. The average molecular weight is 636 g/mol. The number of nitrogens with zero attached hydrogens (tertiary/aromatic N) is 3. The first kappa shape index (κ1) is 32.8. The van der Waals surface area contributed by atoms with Gasteiger partial charge in [0.15, 0.2) is 0 Å². The van der Waals surface area contributed by atoms with Gasteiger partial charge >= 0.3 is 6.18 Å². The van der Waals surface area contributed by atoms with Crippen LogP contribution in [0.25, 0.3) is 0 Å². The van der Waals surface area contributed by atoms with E-state index >= 15 is 0 Å². The van der Waals surface area contributed by atoms with Crippen LogP contribution >= 0.6 is 0 Å². The number of aryl methyl sites for hydroxylation is 2. The van der Waals surface area contributed by atoms with Gasteiger partial charge in [0, 0.05) is 30.9 Å². The van der Waals surface area contributed by atoms with Gasteiger partial charge in [0.2, 0.25) is 5.89 Å². The van der Waals surface area contributed by atoms with Gasteiger partial charge in [-0.2, -0.15) is 13.2 Å². The van der Waals surface area contributed by atoms with Crippen molar-refractivity contribution in [2.45, 2.75) is 64.0 Å². The Morgan fingerprint density at radius 2 is 1.78 bits per heavy atom. The highest BCUT2D eigenvalue weighted by atomic mass is 19.4. The van der Waals surface area contributed by atoms with E-state index in [9.17, 15) is 27.9 Å². The van der Waals surface area contributed by atoms with Crippen LogP contribution in [0.15, 0.2) is 77.4 Å². The summed E-state index contributed by atoms with van der Waals surface area (Å²) in [5.41, 5.74) is 2.05. The van der Waals surface area contributed by atoms with Crippen molar-refractivity contribution in [2.24, 2.45) is 0 Å². The van der Waals surface area contributed by atoms with Gasteiger partial charge in [-0.15, -0.1) is 0 Å². The molecule has 2 aromatic heterocycles. The van der Waals surface area contributed by atoms with E-state index in [1.54, 1.807) is 30.2 Å². The Hall–Kier alpha value is -4.55. The van der Waals surface area contributed by atoms with E-state index in [1.165, 1.54) is 12.1 Å². The topological polar surface area (TPSA) is 121 Å². The maximum absolute atomic E-state index is 13.6. The third-order valence-corrected chi connectivity index (χ3v) is 7.89. The number of halogens is 3. The summed E-state index contributed by atoms with van der Waals surface area (Å²) in [7, 11) is 0. The van der Waals surface area contributed by atoms with Crippen molar-refractivity contribution in [2.75, 3.05) is 13.1 Å². The van der Waals surface area contributed by atoms with Crippen LogP contribution in [0.5, 0.6) is 0 Å². The average Bonchev–Trinajstić information content (AvgIpc) is 3.69.